The summed E-state index contributed by atoms with van der Waals surface area (Å²) >= 11 is 0. The Morgan fingerprint density at radius 1 is 1.24 bits per heavy atom. The van der Waals surface area contributed by atoms with Gasteiger partial charge in [-0.2, -0.15) is 0 Å². The molecule has 2 fully saturated rings. The van der Waals surface area contributed by atoms with E-state index in [2.05, 4.69) is 9.88 Å². The molecule has 2 aliphatic rings. The van der Waals surface area contributed by atoms with E-state index in [-0.39, 0.29) is 23.4 Å². The molecule has 1 aromatic heterocycles. The summed E-state index contributed by atoms with van der Waals surface area (Å²) in [7, 11) is 1.46. The minimum Gasteiger partial charge on any atom is -0.469 e. The van der Waals surface area contributed by atoms with Gasteiger partial charge in [0.2, 0.25) is 0 Å². The number of likely N-dealkylation sites (tertiary alicyclic amines) is 2. The fourth-order valence-electron chi connectivity index (χ4n) is 4.50. The number of aromatic nitrogens is 1. The van der Waals surface area contributed by atoms with Crippen LogP contribution in [0.25, 0.3) is 0 Å². The van der Waals surface area contributed by atoms with Gasteiger partial charge < -0.3 is 19.3 Å². The minimum atomic E-state index is -0.504. The summed E-state index contributed by atoms with van der Waals surface area (Å²) in [6, 6.07) is 5.94. The first-order valence-corrected chi connectivity index (χ1v) is 10.4. The van der Waals surface area contributed by atoms with Gasteiger partial charge in [-0.3, -0.25) is 9.78 Å². The Hall–Kier alpha value is -2.15. The highest BCUT2D eigenvalue weighted by atomic mass is 16.6. The van der Waals surface area contributed by atoms with Crippen molar-refractivity contribution in [2.24, 2.45) is 11.3 Å². The lowest BCUT2D eigenvalue weighted by Crippen LogP contribution is -2.49. The second-order valence-electron chi connectivity index (χ2n) is 9.21. The molecule has 0 aliphatic carbocycles. The van der Waals surface area contributed by atoms with Crippen LogP contribution >= 0.6 is 0 Å². The van der Waals surface area contributed by atoms with Gasteiger partial charge in [-0.15, -0.1) is 0 Å². The standard InChI is InChI=1S/C22H33N3O4/c1-21(2,3)29-20(27)25-13-9-22(10-14-25)16-24(15-18(22)19(26)28-4)12-8-17-7-5-6-11-23-17/h5-7,11,18H,8-10,12-16H2,1-4H3. The SMILES string of the molecule is COC(=O)C1CN(CCc2ccccn2)CC12CCN(C(=O)OC(C)(C)C)CC2. The van der Waals surface area contributed by atoms with Crippen LogP contribution in [0.4, 0.5) is 4.79 Å². The van der Waals surface area contributed by atoms with Gasteiger partial charge in [-0.1, -0.05) is 6.07 Å². The molecule has 7 nitrogen and oxygen atoms in total. The highest BCUT2D eigenvalue weighted by Gasteiger charge is 2.52. The van der Waals surface area contributed by atoms with E-state index >= 15 is 0 Å². The molecule has 2 saturated heterocycles. The number of amides is 1. The van der Waals surface area contributed by atoms with Crippen LogP contribution in [0.1, 0.15) is 39.3 Å². The lowest BCUT2D eigenvalue weighted by atomic mass is 9.71. The number of methoxy groups -OCH3 is 1. The fraction of sp³-hybridized carbons (Fsp3) is 0.682. The number of carbonyl (C=O) groups is 2. The average molecular weight is 404 g/mol. The minimum absolute atomic E-state index is 0.143. The molecule has 2 aliphatic heterocycles. The van der Waals surface area contributed by atoms with Gasteiger partial charge >= 0.3 is 12.1 Å². The number of rotatable bonds is 4. The van der Waals surface area contributed by atoms with Crippen molar-refractivity contribution in [3.8, 4) is 0 Å². The Labute approximate surface area is 173 Å². The van der Waals surface area contributed by atoms with Crippen molar-refractivity contribution in [1.82, 2.24) is 14.8 Å². The predicted octanol–water partition coefficient (Wildman–Crippen LogP) is 2.75. The van der Waals surface area contributed by atoms with E-state index < -0.39 is 5.60 Å². The van der Waals surface area contributed by atoms with Crippen molar-refractivity contribution in [2.45, 2.75) is 45.6 Å². The van der Waals surface area contributed by atoms with Gasteiger partial charge in [0.15, 0.2) is 0 Å². The summed E-state index contributed by atoms with van der Waals surface area (Å²) < 4.78 is 10.6. The van der Waals surface area contributed by atoms with Gasteiger partial charge in [-0.25, -0.2) is 4.79 Å². The molecule has 160 valence electrons. The Bertz CT molecular complexity index is 709. The maximum absolute atomic E-state index is 12.5. The third kappa shape index (κ3) is 5.26. The molecule has 3 rings (SSSR count). The van der Waals surface area contributed by atoms with Gasteiger partial charge in [-0.05, 0) is 45.7 Å². The average Bonchev–Trinajstić information content (AvgIpc) is 3.03. The molecule has 0 aromatic carbocycles. The van der Waals surface area contributed by atoms with E-state index in [0.717, 1.165) is 38.0 Å². The number of carbonyl (C=O) groups excluding carboxylic acids is 2. The van der Waals surface area contributed by atoms with Crippen LogP contribution < -0.4 is 0 Å². The van der Waals surface area contributed by atoms with Gasteiger partial charge in [0, 0.05) is 56.5 Å². The molecule has 0 saturated carbocycles. The lowest BCUT2D eigenvalue weighted by Gasteiger charge is -2.41. The smallest absolute Gasteiger partial charge is 0.410 e. The molecule has 1 atom stereocenters. The molecule has 0 N–H and O–H groups in total. The first kappa shape index (κ1) is 21.6. The zero-order valence-electron chi connectivity index (χ0n) is 18.0. The molecule has 1 unspecified atom stereocenters. The number of esters is 1. The summed E-state index contributed by atoms with van der Waals surface area (Å²) in [5.74, 6) is -0.298. The number of hydrogen-bond donors (Lipinski definition) is 0. The molecule has 0 radical (unpaired) electrons. The van der Waals surface area contributed by atoms with E-state index in [9.17, 15) is 9.59 Å². The Morgan fingerprint density at radius 2 is 1.97 bits per heavy atom. The highest BCUT2D eigenvalue weighted by Crippen LogP contribution is 2.45. The van der Waals surface area contributed by atoms with Gasteiger partial charge in [0.05, 0.1) is 13.0 Å². The Balaban J connectivity index is 1.63. The molecule has 29 heavy (non-hydrogen) atoms. The topological polar surface area (TPSA) is 72.0 Å². The monoisotopic (exact) mass is 403 g/mol. The molecular weight excluding hydrogens is 370 g/mol. The van der Waals surface area contributed by atoms with E-state index in [1.54, 1.807) is 4.90 Å². The molecule has 0 bridgehead atoms. The number of piperidine rings is 1. The predicted molar refractivity (Wildman–Crippen MR) is 109 cm³/mol. The largest absolute Gasteiger partial charge is 0.469 e. The normalized spacial score (nSPS) is 21.9. The number of hydrogen-bond acceptors (Lipinski definition) is 6. The van der Waals surface area contributed by atoms with Crippen molar-refractivity contribution in [3.05, 3.63) is 30.1 Å². The Morgan fingerprint density at radius 3 is 2.55 bits per heavy atom. The van der Waals surface area contributed by atoms with Crippen molar-refractivity contribution >= 4 is 12.1 Å². The van der Waals surface area contributed by atoms with Gasteiger partial charge in [0.25, 0.3) is 0 Å². The summed E-state index contributed by atoms with van der Waals surface area (Å²) in [5, 5.41) is 0. The quantitative estimate of drug-likeness (QED) is 0.720. The van der Waals surface area contributed by atoms with Crippen LogP contribution in [-0.4, -0.2) is 72.3 Å². The van der Waals surface area contributed by atoms with Crippen LogP contribution in [0.5, 0.6) is 0 Å². The van der Waals surface area contributed by atoms with Crippen LogP contribution in [0, 0.1) is 11.3 Å². The third-order valence-electron chi connectivity index (χ3n) is 6.03. The second-order valence-corrected chi connectivity index (χ2v) is 9.21. The fourth-order valence-corrected chi connectivity index (χ4v) is 4.50. The molecule has 1 aromatic rings. The molecule has 1 amide bonds. The van der Waals surface area contributed by atoms with Crippen LogP contribution in [0.15, 0.2) is 24.4 Å². The van der Waals surface area contributed by atoms with Crippen molar-refractivity contribution < 1.29 is 19.1 Å². The highest BCUT2D eigenvalue weighted by molar-refractivity contribution is 5.74. The van der Waals surface area contributed by atoms with Crippen LogP contribution in [-0.2, 0) is 20.7 Å². The summed E-state index contributed by atoms with van der Waals surface area (Å²) in [6.07, 6.45) is 3.96. The first-order chi connectivity index (χ1) is 13.7. The van der Waals surface area contributed by atoms with Gasteiger partial charge in [0.1, 0.15) is 5.60 Å². The number of ether oxygens (including phenoxy) is 2. The molecular formula is C22H33N3O4. The Kier molecular flexibility index (Phi) is 6.46. The van der Waals surface area contributed by atoms with E-state index in [1.807, 2.05) is 45.2 Å². The van der Waals surface area contributed by atoms with E-state index in [4.69, 9.17) is 9.47 Å². The zero-order valence-corrected chi connectivity index (χ0v) is 18.0. The summed E-state index contributed by atoms with van der Waals surface area (Å²) in [4.78, 5) is 33.5. The number of pyridine rings is 1. The third-order valence-corrected chi connectivity index (χ3v) is 6.03. The molecule has 1 spiro atoms. The summed E-state index contributed by atoms with van der Waals surface area (Å²) in [5.41, 5.74) is 0.411. The lowest BCUT2D eigenvalue weighted by molar-refractivity contribution is -0.149. The van der Waals surface area contributed by atoms with Crippen molar-refractivity contribution in [1.29, 1.82) is 0 Å². The van der Waals surface area contributed by atoms with E-state index in [0.29, 0.717) is 19.6 Å². The molecule has 7 heteroatoms. The number of nitrogens with zero attached hydrogens (tertiary/aromatic N) is 3. The summed E-state index contributed by atoms with van der Waals surface area (Å²) in [6.45, 7) is 9.25. The maximum atomic E-state index is 12.5. The van der Waals surface area contributed by atoms with Crippen molar-refractivity contribution in [3.63, 3.8) is 0 Å². The van der Waals surface area contributed by atoms with Crippen LogP contribution in [0.2, 0.25) is 0 Å². The molecule has 3 heterocycles. The van der Waals surface area contributed by atoms with Crippen LogP contribution in [0.3, 0.4) is 0 Å². The zero-order chi connectivity index (χ0) is 21.1. The maximum Gasteiger partial charge on any atom is 0.410 e. The van der Waals surface area contributed by atoms with E-state index in [1.165, 1.54) is 7.11 Å². The second kappa shape index (κ2) is 8.69. The first-order valence-electron chi connectivity index (χ1n) is 10.4. The van der Waals surface area contributed by atoms with Crippen molar-refractivity contribution in [2.75, 3.05) is 39.8 Å².